The van der Waals surface area contributed by atoms with Gasteiger partial charge in [-0.15, -0.1) is 11.3 Å². The standard InChI is InChI=1S/C27H29N3O4S/c31-19-7-5-18(6-8-19)28-15-20-16-29-26(35-20)27(32)30-11-10-22-21(2-1-3-23(22)30)17-4-9-24-25(14-17)34-13-12-33-24/h1-4,9,14,16,18-19,28,31H,5-8,10-13,15H2. The van der Waals surface area contributed by atoms with Crippen LogP contribution >= 0.6 is 11.3 Å². The molecular weight excluding hydrogens is 462 g/mol. The maximum Gasteiger partial charge on any atom is 0.287 e. The Bertz CT molecular complexity index is 1230. The average Bonchev–Trinajstić information content (AvgIpc) is 3.55. The first-order valence-corrected chi connectivity index (χ1v) is 13.2. The molecule has 8 heteroatoms. The smallest absolute Gasteiger partial charge is 0.287 e. The molecule has 3 aromatic rings. The highest BCUT2D eigenvalue weighted by molar-refractivity contribution is 7.13. The van der Waals surface area contributed by atoms with E-state index in [2.05, 4.69) is 22.4 Å². The number of nitrogens with zero attached hydrogens (tertiary/aromatic N) is 2. The summed E-state index contributed by atoms with van der Waals surface area (Å²) in [6.45, 7) is 2.48. The van der Waals surface area contributed by atoms with Crippen molar-refractivity contribution in [1.29, 1.82) is 0 Å². The van der Waals surface area contributed by atoms with Gasteiger partial charge in [-0.3, -0.25) is 4.79 Å². The Morgan fingerprint density at radius 1 is 1.11 bits per heavy atom. The molecule has 35 heavy (non-hydrogen) atoms. The predicted molar refractivity (Wildman–Crippen MR) is 135 cm³/mol. The first kappa shape index (κ1) is 22.5. The van der Waals surface area contributed by atoms with Gasteiger partial charge in [0.2, 0.25) is 0 Å². The molecule has 0 unspecified atom stereocenters. The number of aliphatic hydroxyl groups excluding tert-OH is 1. The van der Waals surface area contributed by atoms with Gasteiger partial charge in [0, 0.05) is 35.9 Å². The molecule has 182 valence electrons. The maximum absolute atomic E-state index is 13.4. The summed E-state index contributed by atoms with van der Waals surface area (Å²) in [7, 11) is 0. The van der Waals surface area contributed by atoms with Crippen molar-refractivity contribution in [2.75, 3.05) is 24.7 Å². The molecule has 0 spiro atoms. The molecule has 1 aliphatic carbocycles. The van der Waals surface area contributed by atoms with Crippen molar-refractivity contribution in [1.82, 2.24) is 10.3 Å². The van der Waals surface area contributed by atoms with Crippen molar-refractivity contribution < 1.29 is 19.4 Å². The molecular formula is C27H29N3O4S. The van der Waals surface area contributed by atoms with E-state index in [9.17, 15) is 9.90 Å². The summed E-state index contributed by atoms with van der Waals surface area (Å²) in [4.78, 5) is 20.8. The summed E-state index contributed by atoms with van der Waals surface area (Å²) in [5, 5.41) is 13.8. The summed E-state index contributed by atoms with van der Waals surface area (Å²) in [5.74, 6) is 1.50. The van der Waals surface area contributed by atoms with Crippen LogP contribution in [0.5, 0.6) is 11.5 Å². The van der Waals surface area contributed by atoms with Crippen molar-refractivity contribution in [3.05, 3.63) is 58.0 Å². The van der Waals surface area contributed by atoms with E-state index in [1.165, 1.54) is 16.9 Å². The Morgan fingerprint density at radius 3 is 2.80 bits per heavy atom. The van der Waals surface area contributed by atoms with E-state index in [0.29, 0.717) is 37.4 Å². The van der Waals surface area contributed by atoms with E-state index < -0.39 is 0 Å². The number of nitrogens with one attached hydrogen (secondary N) is 1. The largest absolute Gasteiger partial charge is 0.486 e. The van der Waals surface area contributed by atoms with Crippen molar-refractivity contribution in [3.8, 4) is 22.6 Å². The molecule has 1 amide bonds. The van der Waals surface area contributed by atoms with Crippen LogP contribution in [-0.2, 0) is 13.0 Å². The quantitative estimate of drug-likeness (QED) is 0.557. The van der Waals surface area contributed by atoms with Crippen LogP contribution in [-0.4, -0.2) is 47.9 Å². The summed E-state index contributed by atoms with van der Waals surface area (Å²) in [5.41, 5.74) is 4.32. The number of rotatable bonds is 5. The third-order valence-electron chi connectivity index (χ3n) is 7.12. The monoisotopic (exact) mass is 491 g/mol. The van der Waals surface area contributed by atoms with Gasteiger partial charge in [-0.2, -0.15) is 0 Å². The molecule has 1 fully saturated rings. The van der Waals surface area contributed by atoms with E-state index in [0.717, 1.165) is 65.3 Å². The molecule has 2 aliphatic heterocycles. The van der Waals surface area contributed by atoms with Gasteiger partial charge >= 0.3 is 0 Å². The van der Waals surface area contributed by atoms with Crippen LogP contribution in [0.3, 0.4) is 0 Å². The Kier molecular flexibility index (Phi) is 6.18. The lowest BCUT2D eigenvalue weighted by molar-refractivity contribution is 0.0989. The molecule has 7 nitrogen and oxygen atoms in total. The van der Waals surface area contributed by atoms with Gasteiger partial charge in [0.15, 0.2) is 16.5 Å². The summed E-state index contributed by atoms with van der Waals surface area (Å²) < 4.78 is 11.4. The van der Waals surface area contributed by atoms with Gasteiger partial charge in [-0.05, 0) is 67.0 Å². The second-order valence-corrected chi connectivity index (χ2v) is 10.5. The van der Waals surface area contributed by atoms with Gasteiger partial charge in [-0.25, -0.2) is 4.98 Å². The molecule has 0 atom stereocenters. The normalized spacial score (nSPS) is 21.1. The third-order valence-corrected chi connectivity index (χ3v) is 8.11. The number of aliphatic hydroxyl groups is 1. The number of thiazole rings is 1. The summed E-state index contributed by atoms with van der Waals surface area (Å²) >= 11 is 1.46. The number of carbonyl (C=O) groups excluding carboxylic acids is 1. The minimum absolute atomic E-state index is 0.0416. The first-order valence-electron chi connectivity index (χ1n) is 12.4. The van der Waals surface area contributed by atoms with E-state index in [1.807, 2.05) is 35.4 Å². The Morgan fingerprint density at radius 2 is 1.94 bits per heavy atom. The van der Waals surface area contributed by atoms with Gasteiger partial charge < -0.3 is 24.8 Å². The van der Waals surface area contributed by atoms with Crippen LogP contribution < -0.4 is 19.7 Å². The highest BCUT2D eigenvalue weighted by Crippen LogP contribution is 2.40. The minimum Gasteiger partial charge on any atom is -0.486 e. The number of anilines is 1. The van der Waals surface area contributed by atoms with Gasteiger partial charge in [0.1, 0.15) is 13.2 Å². The number of ether oxygens (including phenoxy) is 2. The number of hydrogen-bond acceptors (Lipinski definition) is 7. The second kappa shape index (κ2) is 9.60. The van der Waals surface area contributed by atoms with Crippen LogP contribution in [0.2, 0.25) is 0 Å². The lowest BCUT2D eigenvalue weighted by atomic mass is 9.93. The van der Waals surface area contributed by atoms with E-state index >= 15 is 0 Å². The lowest BCUT2D eigenvalue weighted by Gasteiger charge is -2.26. The van der Waals surface area contributed by atoms with E-state index in [1.54, 1.807) is 0 Å². The lowest BCUT2D eigenvalue weighted by Crippen LogP contribution is -2.33. The third kappa shape index (κ3) is 4.53. The Labute approximate surface area is 208 Å². The van der Waals surface area contributed by atoms with Crippen molar-refractivity contribution in [3.63, 3.8) is 0 Å². The number of aromatic nitrogens is 1. The van der Waals surface area contributed by atoms with Gasteiger partial charge in [0.05, 0.1) is 6.10 Å². The number of fused-ring (bicyclic) bond motifs is 2. The fourth-order valence-corrected chi connectivity index (χ4v) is 6.07. The topological polar surface area (TPSA) is 83.9 Å². The molecule has 0 saturated heterocycles. The zero-order valence-electron chi connectivity index (χ0n) is 19.5. The first-order chi connectivity index (χ1) is 17.2. The predicted octanol–water partition coefficient (Wildman–Crippen LogP) is 4.18. The second-order valence-electron chi connectivity index (χ2n) is 9.39. The minimum atomic E-state index is -0.154. The van der Waals surface area contributed by atoms with Crippen molar-refractivity contribution in [2.45, 2.75) is 50.8 Å². The van der Waals surface area contributed by atoms with Crippen molar-refractivity contribution >= 4 is 22.9 Å². The molecule has 2 aromatic carbocycles. The zero-order valence-corrected chi connectivity index (χ0v) is 20.4. The van der Waals surface area contributed by atoms with Crippen LogP contribution in [0.15, 0.2) is 42.6 Å². The molecule has 6 rings (SSSR count). The molecule has 0 radical (unpaired) electrons. The summed E-state index contributed by atoms with van der Waals surface area (Å²) in [6.07, 6.45) is 6.15. The molecule has 3 aliphatic rings. The van der Waals surface area contributed by atoms with Crippen LogP contribution in [0.4, 0.5) is 5.69 Å². The number of benzene rings is 2. The molecule has 3 heterocycles. The molecule has 1 saturated carbocycles. The fraction of sp³-hybridized carbons (Fsp3) is 0.407. The van der Waals surface area contributed by atoms with Gasteiger partial charge in [-0.1, -0.05) is 18.2 Å². The van der Waals surface area contributed by atoms with Crippen LogP contribution in [0.25, 0.3) is 11.1 Å². The highest BCUT2D eigenvalue weighted by atomic mass is 32.1. The molecule has 0 bridgehead atoms. The van der Waals surface area contributed by atoms with Crippen LogP contribution in [0, 0.1) is 0 Å². The maximum atomic E-state index is 13.4. The van der Waals surface area contributed by atoms with Crippen LogP contribution in [0.1, 0.15) is 45.9 Å². The van der Waals surface area contributed by atoms with E-state index in [4.69, 9.17) is 9.47 Å². The highest BCUT2D eigenvalue weighted by Gasteiger charge is 2.29. The fourth-order valence-electron chi connectivity index (χ4n) is 5.26. The van der Waals surface area contributed by atoms with Gasteiger partial charge in [0.25, 0.3) is 5.91 Å². The Hall–Kier alpha value is -2.94. The number of carbonyl (C=O) groups is 1. The zero-order chi connectivity index (χ0) is 23.8. The number of amides is 1. The number of hydrogen-bond donors (Lipinski definition) is 2. The average molecular weight is 492 g/mol. The summed E-state index contributed by atoms with van der Waals surface area (Å²) in [6, 6.07) is 12.6. The van der Waals surface area contributed by atoms with Crippen molar-refractivity contribution in [2.24, 2.45) is 0 Å². The molecule has 1 aromatic heterocycles. The SMILES string of the molecule is O=C(c1ncc(CNC2CCC(O)CC2)s1)N1CCc2c(-c3ccc4c(c3)OCCO4)cccc21. The molecule has 2 N–H and O–H groups in total. The Balaban J connectivity index is 1.17. The van der Waals surface area contributed by atoms with E-state index in [-0.39, 0.29) is 12.0 Å².